The van der Waals surface area contributed by atoms with Crippen LogP contribution >= 0.6 is 0 Å². The Kier molecular flexibility index (Phi) is 4.47. The van der Waals surface area contributed by atoms with Crippen molar-refractivity contribution in [2.75, 3.05) is 13.2 Å². The van der Waals surface area contributed by atoms with Crippen LogP contribution in [0.1, 0.15) is 11.5 Å². The maximum Gasteiger partial charge on any atom is 0.126 e. The lowest BCUT2D eigenvalue weighted by Crippen LogP contribution is -2.15. The van der Waals surface area contributed by atoms with Gasteiger partial charge >= 0.3 is 0 Å². The molecule has 4 heteroatoms. The van der Waals surface area contributed by atoms with Crippen LogP contribution in [-0.2, 0) is 0 Å². The molecule has 1 atom stereocenters. The first-order valence-corrected chi connectivity index (χ1v) is 5.94. The van der Waals surface area contributed by atoms with E-state index in [-0.39, 0.29) is 24.8 Å². The summed E-state index contributed by atoms with van der Waals surface area (Å²) in [7, 11) is 0. The standard InChI is InChI=1S/C15H14F2O2/c16-12-5-7-13(8-6-12)19-10-11(9-18)14-3-1-2-4-15(14)17/h1-8,11,18H,9-10H2. The summed E-state index contributed by atoms with van der Waals surface area (Å²) in [5, 5.41) is 9.32. The van der Waals surface area contributed by atoms with Gasteiger partial charge < -0.3 is 9.84 Å². The molecule has 0 saturated heterocycles. The molecule has 0 radical (unpaired) electrons. The Morgan fingerprint density at radius 3 is 2.32 bits per heavy atom. The Balaban J connectivity index is 2.04. The lowest BCUT2D eigenvalue weighted by molar-refractivity contribution is 0.202. The molecule has 2 nitrogen and oxygen atoms in total. The maximum atomic E-state index is 13.6. The molecular formula is C15H14F2O2. The number of ether oxygens (including phenoxy) is 1. The summed E-state index contributed by atoms with van der Waals surface area (Å²) in [5.41, 5.74) is 0.409. The van der Waals surface area contributed by atoms with E-state index in [1.165, 1.54) is 30.3 Å². The topological polar surface area (TPSA) is 29.5 Å². The second-order valence-corrected chi connectivity index (χ2v) is 4.17. The van der Waals surface area contributed by atoms with Gasteiger partial charge in [0, 0.05) is 5.92 Å². The molecule has 0 aromatic heterocycles. The molecule has 1 N–H and O–H groups in total. The first-order valence-electron chi connectivity index (χ1n) is 5.94. The van der Waals surface area contributed by atoms with Gasteiger partial charge in [0.05, 0.1) is 13.2 Å². The number of rotatable bonds is 5. The summed E-state index contributed by atoms with van der Waals surface area (Å²) in [6.07, 6.45) is 0. The van der Waals surface area contributed by atoms with Crippen molar-refractivity contribution in [2.45, 2.75) is 5.92 Å². The minimum atomic E-state index is -0.453. The van der Waals surface area contributed by atoms with Crippen LogP contribution in [0.5, 0.6) is 5.75 Å². The van der Waals surface area contributed by atoms with Gasteiger partial charge in [-0.2, -0.15) is 0 Å². The maximum absolute atomic E-state index is 13.6. The van der Waals surface area contributed by atoms with E-state index in [1.54, 1.807) is 18.2 Å². The molecule has 0 amide bonds. The predicted molar refractivity (Wildman–Crippen MR) is 68.1 cm³/mol. The Morgan fingerprint density at radius 2 is 1.68 bits per heavy atom. The number of hydrogen-bond acceptors (Lipinski definition) is 2. The highest BCUT2D eigenvalue weighted by molar-refractivity contribution is 5.24. The lowest BCUT2D eigenvalue weighted by Gasteiger charge is -2.16. The molecule has 0 aliphatic rings. The minimum Gasteiger partial charge on any atom is -0.493 e. The Labute approximate surface area is 110 Å². The zero-order chi connectivity index (χ0) is 13.7. The van der Waals surface area contributed by atoms with Gasteiger partial charge in [0.2, 0.25) is 0 Å². The molecule has 0 saturated carbocycles. The fourth-order valence-corrected chi connectivity index (χ4v) is 1.77. The zero-order valence-corrected chi connectivity index (χ0v) is 10.2. The molecule has 0 aliphatic carbocycles. The van der Waals surface area contributed by atoms with E-state index in [4.69, 9.17) is 4.74 Å². The third-order valence-electron chi connectivity index (χ3n) is 2.83. The van der Waals surface area contributed by atoms with Crippen molar-refractivity contribution in [1.82, 2.24) is 0 Å². The third-order valence-corrected chi connectivity index (χ3v) is 2.83. The van der Waals surface area contributed by atoms with E-state index in [2.05, 4.69) is 0 Å². The molecule has 0 heterocycles. The Bertz CT molecular complexity index is 526. The quantitative estimate of drug-likeness (QED) is 0.899. The van der Waals surface area contributed by atoms with Crippen LogP contribution in [0, 0.1) is 11.6 Å². The van der Waals surface area contributed by atoms with Crippen LogP contribution in [-0.4, -0.2) is 18.3 Å². The van der Waals surface area contributed by atoms with Gasteiger partial charge in [-0.1, -0.05) is 18.2 Å². The summed E-state index contributed by atoms with van der Waals surface area (Å²) >= 11 is 0. The number of benzene rings is 2. The molecule has 2 aromatic rings. The molecule has 2 rings (SSSR count). The Morgan fingerprint density at radius 1 is 1.00 bits per heavy atom. The smallest absolute Gasteiger partial charge is 0.126 e. The molecule has 0 aliphatic heterocycles. The first kappa shape index (κ1) is 13.5. The number of aliphatic hydroxyl groups excluding tert-OH is 1. The minimum absolute atomic E-state index is 0.128. The molecule has 0 bridgehead atoms. The summed E-state index contributed by atoms with van der Waals surface area (Å²) in [5.74, 6) is -0.688. The van der Waals surface area contributed by atoms with Crippen molar-refractivity contribution in [1.29, 1.82) is 0 Å². The van der Waals surface area contributed by atoms with Crippen molar-refractivity contribution in [3.8, 4) is 5.75 Å². The van der Waals surface area contributed by atoms with Crippen LogP contribution in [0.2, 0.25) is 0 Å². The van der Waals surface area contributed by atoms with Crippen LogP contribution in [0.15, 0.2) is 48.5 Å². The van der Waals surface area contributed by atoms with Gasteiger partial charge in [-0.05, 0) is 35.9 Å². The molecule has 0 fully saturated rings. The van der Waals surface area contributed by atoms with E-state index >= 15 is 0 Å². The van der Waals surface area contributed by atoms with Crippen molar-refractivity contribution >= 4 is 0 Å². The van der Waals surface area contributed by atoms with E-state index in [1.807, 2.05) is 0 Å². The summed E-state index contributed by atoms with van der Waals surface area (Å²) in [6, 6.07) is 11.8. The summed E-state index contributed by atoms with van der Waals surface area (Å²) in [4.78, 5) is 0. The number of aliphatic hydroxyl groups is 1. The average molecular weight is 264 g/mol. The highest BCUT2D eigenvalue weighted by Crippen LogP contribution is 2.20. The summed E-state index contributed by atoms with van der Waals surface area (Å²) < 4.78 is 31.7. The monoisotopic (exact) mass is 264 g/mol. The van der Waals surface area contributed by atoms with Crippen molar-refractivity contribution in [2.24, 2.45) is 0 Å². The second kappa shape index (κ2) is 6.29. The lowest BCUT2D eigenvalue weighted by atomic mass is 10.0. The Hall–Kier alpha value is -1.94. The number of halogens is 2. The van der Waals surface area contributed by atoms with E-state index in [9.17, 15) is 13.9 Å². The van der Waals surface area contributed by atoms with Gasteiger partial charge in [0.25, 0.3) is 0 Å². The van der Waals surface area contributed by atoms with Gasteiger partial charge in [-0.25, -0.2) is 8.78 Å². The summed E-state index contributed by atoms with van der Waals surface area (Å²) in [6.45, 7) is -0.0921. The fourth-order valence-electron chi connectivity index (χ4n) is 1.77. The average Bonchev–Trinajstić information content (AvgIpc) is 2.43. The molecule has 100 valence electrons. The van der Waals surface area contributed by atoms with Gasteiger partial charge in [0.1, 0.15) is 17.4 Å². The van der Waals surface area contributed by atoms with Crippen LogP contribution in [0.25, 0.3) is 0 Å². The van der Waals surface area contributed by atoms with Gasteiger partial charge in [-0.3, -0.25) is 0 Å². The zero-order valence-electron chi connectivity index (χ0n) is 10.2. The van der Waals surface area contributed by atoms with E-state index in [0.717, 1.165) is 0 Å². The first-order chi connectivity index (χ1) is 9.20. The van der Waals surface area contributed by atoms with Crippen molar-refractivity contribution in [3.63, 3.8) is 0 Å². The fraction of sp³-hybridized carbons (Fsp3) is 0.200. The predicted octanol–water partition coefficient (Wildman–Crippen LogP) is 3.12. The number of hydrogen-bond donors (Lipinski definition) is 1. The molecule has 2 aromatic carbocycles. The van der Waals surface area contributed by atoms with Crippen LogP contribution in [0.4, 0.5) is 8.78 Å². The molecular weight excluding hydrogens is 250 g/mol. The van der Waals surface area contributed by atoms with Crippen LogP contribution < -0.4 is 4.74 Å². The molecule has 19 heavy (non-hydrogen) atoms. The van der Waals surface area contributed by atoms with Gasteiger partial charge in [0.15, 0.2) is 0 Å². The van der Waals surface area contributed by atoms with Crippen molar-refractivity contribution < 1.29 is 18.6 Å². The van der Waals surface area contributed by atoms with Crippen LogP contribution in [0.3, 0.4) is 0 Å². The molecule has 0 spiro atoms. The highest BCUT2D eigenvalue weighted by Gasteiger charge is 2.15. The SMILES string of the molecule is OCC(COc1ccc(F)cc1)c1ccccc1F. The normalized spacial score (nSPS) is 12.2. The van der Waals surface area contributed by atoms with Gasteiger partial charge in [-0.15, -0.1) is 0 Å². The molecule has 1 unspecified atom stereocenters. The largest absolute Gasteiger partial charge is 0.493 e. The highest BCUT2D eigenvalue weighted by atomic mass is 19.1. The third kappa shape index (κ3) is 3.51. The second-order valence-electron chi connectivity index (χ2n) is 4.17. The van der Waals surface area contributed by atoms with Crippen molar-refractivity contribution in [3.05, 3.63) is 65.7 Å². The van der Waals surface area contributed by atoms with E-state index in [0.29, 0.717) is 11.3 Å². The van der Waals surface area contributed by atoms with E-state index < -0.39 is 5.92 Å².